The SMILES string of the molecule is CN1[C@@H](c2ccccc2)[C@H]2C=Cc3ccccc3[C@@]2([C@H]2CCC(=O)C2)P1(=O)c1cccc2ccccc12. The van der Waals surface area contributed by atoms with Crippen LogP contribution >= 0.6 is 7.29 Å². The van der Waals surface area contributed by atoms with Crippen LogP contribution in [-0.4, -0.2) is 17.5 Å². The van der Waals surface area contributed by atoms with Gasteiger partial charge in [-0.25, -0.2) is 4.67 Å². The van der Waals surface area contributed by atoms with Gasteiger partial charge >= 0.3 is 0 Å². The van der Waals surface area contributed by atoms with Crippen LogP contribution in [0.5, 0.6) is 0 Å². The number of carbonyl (C=O) groups excluding carboxylic acids is 1. The minimum Gasteiger partial charge on any atom is -0.300 e. The van der Waals surface area contributed by atoms with Crippen LogP contribution in [0.3, 0.4) is 0 Å². The standard InChI is InChI=1S/C33H30NO2P/c1-34-32(25-12-3-2-4-13-25)30-21-18-24-11-6-8-16-29(24)33(30,26-19-20-27(35)22-26)37(34,36)31-17-9-14-23-10-5-7-15-28(23)31/h2-18,21,26,30,32H,19-20,22H2,1H3/t26-,30+,32-,33+,37?/m0/s1. The van der Waals surface area contributed by atoms with Gasteiger partial charge in [0.25, 0.3) is 0 Å². The number of carbonyl (C=O) groups is 1. The summed E-state index contributed by atoms with van der Waals surface area (Å²) in [5, 5.41) is 2.37. The van der Waals surface area contributed by atoms with E-state index in [9.17, 15) is 4.79 Å². The predicted octanol–water partition coefficient (Wildman–Crippen LogP) is 7.34. The lowest BCUT2D eigenvalue weighted by atomic mass is 9.67. The van der Waals surface area contributed by atoms with Crippen molar-refractivity contribution < 1.29 is 9.36 Å². The van der Waals surface area contributed by atoms with E-state index in [1.54, 1.807) is 0 Å². The van der Waals surface area contributed by atoms with Gasteiger partial charge in [-0.2, -0.15) is 0 Å². The van der Waals surface area contributed by atoms with Gasteiger partial charge in [-0.05, 0) is 52.9 Å². The fraction of sp³-hybridized carbons (Fsp3) is 0.242. The number of fused-ring (bicyclic) bond motifs is 4. The quantitative estimate of drug-likeness (QED) is 0.275. The molecule has 4 heteroatoms. The molecule has 0 aromatic heterocycles. The van der Waals surface area contributed by atoms with Gasteiger partial charge in [0.2, 0.25) is 0 Å². The minimum atomic E-state index is -3.32. The van der Waals surface area contributed by atoms with Crippen LogP contribution in [0.15, 0.2) is 103 Å². The van der Waals surface area contributed by atoms with E-state index in [2.05, 4.69) is 96.7 Å². The van der Waals surface area contributed by atoms with Crippen LogP contribution in [0.25, 0.3) is 16.8 Å². The lowest BCUT2D eigenvalue weighted by Gasteiger charge is -2.47. The highest BCUT2D eigenvalue weighted by Gasteiger charge is 2.70. The molecule has 3 aliphatic rings. The number of Topliss-reactive ketones (excluding diaryl/α,β-unsaturated/α-hetero) is 1. The molecule has 4 aromatic rings. The van der Waals surface area contributed by atoms with Crippen molar-refractivity contribution in [1.29, 1.82) is 0 Å². The molecule has 0 bridgehead atoms. The smallest absolute Gasteiger partial charge is 0.190 e. The summed E-state index contributed by atoms with van der Waals surface area (Å²) in [5.41, 5.74) is 3.44. The molecule has 0 radical (unpaired) electrons. The fourth-order valence-corrected chi connectivity index (χ4v) is 12.3. The van der Waals surface area contributed by atoms with Crippen molar-refractivity contribution in [3.05, 3.63) is 120 Å². The second-order valence-electron chi connectivity index (χ2n) is 10.8. The molecule has 4 aromatic carbocycles. The summed E-state index contributed by atoms with van der Waals surface area (Å²) in [5.74, 6) is 0.285. The summed E-state index contributed by atoms with van der Waals surface area (Å²) in [7, 11) is -1.26. The Morgan fingerprint density at radius 3 is 2.41 bits per heavy atom. The predicted molar refractivity (Wildman–Crippen MR) is 151 cm³/mol. The van der Waals surface area contributed by atoms with Gasteiger partial charge in [0, 0.05) is 30.1 Å². The number of benzene rings is 4. The Morgan fingerprint density at radius 1 is 0.865 bits per heavy atom. The van der Waals surface area contributed by atoms with E-state index in [0.29, 0.717) is 18.6 Å². The monoisotopic (exact) mass is 503 g/mol. The maximum Gasteiger partial charge on any atom is 0.190 e. The molecule has 5 atom stereocenters. The van der Waals surface area contributed by atoms with E-state index >= 15 is 4.57 Å². The Bertz CT molecular complexity index is 1600. The van der Waals surface area contributed by atoms with E-state index in [-0.39, 0.29) is 17.9 Å². The highest BCUT2D eigenvalue weighted by molar-refractivity contribution is 7.71. The third-order valence-corrected chi connectivity index (χ3v) is 13.3. The van der Waals surface area contributed by atoms with Gasteiger partial charge in [0.05, 0.1) is 5.16 Å². The van der Waals surface area contributed by atoms with E-state index < -0.39 is 12.4 Å². The Hall–Kier alpha value is -3.26. The molecule has 1 saturated carbocycles. The summed E-state index contributed by atoms with van der Waals surface area (Å²) in [4.78, 5) is 12.9. The van der Waals surface area contributed by atoms with Gasteiger partial charge in [0.1, 0.15) is 5.78 Å². The van der Waals surface area contributed by atoms with E-state index in [4.69, 9.17) is 0 Å². The lowest BCUT2D eigenvalue weighted by molar-refractivity contribution is -0.117. The second-order valence-corrected chi connectivity index (χ2v) is 13.8. The molecule has 2 fully saturated rings. The third-order valence-electron chi connectivity index (χ3n) is 9.17. The first-order chi connectivity index (χ1) is 18.1. The van der Waals surface area contributed by atoms with Crippen molar-refractivity contribution in [3.63, 3.8) is 0 Å². The molecule has 1 unspecified atom stereocenters. The van der Waals surface area contributed by atoms with E-state index in [1.807, 2.05) is 24.3 Å². The normalized spacial score (nSPS) is 30.9. The maximum absolute atomic E-state index is 16.5. The zero-order valence-electron chi connectivity index (χ0n) is 21.0. The zero-order chi connectivity index (χ0) is 25.2. The molecule has 1 aliphatic heterocycles. The number of rotatable bonds is 3. The molecule has 1 heterocycles. The molecule has 0 N–H and O–H groups in total. The van der Waals surface area contributed by atoms with Crippen LogP contribution in [-0.2, 0) is 14.5 Å². The average Bonchev–Trinajstić information content (AvgIpc) is 3.46. The topological polar surface area (TPSA) is 37.4 Å². The summed E-state index contributed by atoms with van der Waals surface area (Å²) in [6.07, 6.45) is 6.37. The minimum absolute atomic E-state index is 0.0112. The number of hydrogen-bond acceptors (Lipinski definition) is 2. The Balaban J connectivity index is 1.62. The molecule has 37 heavy (non-hydrogen) atoms. The zero-order valence-corrected chi connectivity index (χ0v) is 21.9. The van der Waals surface area contributed by atoms with Crippen LogP contribution in [0.1, 0.15) is 42.0 Å². The van der Waals surface area contributed by atoms with Crippen molar-refractivity contribution >= 4 is 35.2 Å². The molecule has 3 nitrogen and oxygen atoms in total. The summed E-state index contributed by atoms with van der Waals surface area (Å²) in [6.45, 7) is 0. The number of ketones is 1. The molecule has 7 rings (SSSR count). The number of nitrogens with zero attached hydrogens (tertiary/aromatic N) is 1. The molecular weight excluding hydrogens is 473 g/mol. The average molecular weight is 504 g/mol. The molecule has 1 saturated heterocycles. The Labute approximate surface area is 218 Å². The first-order valence-electron chi connectivity index (χ1n) is 13.2. The molecule has 0 spiro atoms. The van der Waals surface area contributed by atoms with Gasteiger partial charge in [-0.3, -0.25) is 4.79 Å². The Morgan fingerprint density at radius 2 is 1.59 bits per heavy atom. The van der Waals surface area contributed by atoms with Gasteiger partial charge < -0.3 is 4.57 Å². The number of hydrogen-bond donors (Lipinski definition) is 0. The van der Waals surface area contributed by atoms with Gasteiger partial charge in [0.15, 0.2) is 7.29 Å². The van der Waals surface area contributed by atoms with Crippen molar-refractivity contribution in [3.8, 4) is 0 Å². The van der Waals surface area contributed by atoms with Crippen molar-refractivity contribution in [2.45, 2.75) is 30.5 Å². The summed E-state index contributed by atoms with van der Waals surface area (Å²) in [6, 6.07) is 33.5. The maximum atomic E-state index is 16.5. The molecular formula is C33H30NO2P. The second kappa shape index (κ2) is 8.38. The van der Waals surface area contributed by atoms with Crippen molar-refractivity contribution in [1.82, 2.24) is 4.67 Å². The molecule has 0 amide bonds. The largest absolute Gasteiger partial charge is 0.300 e. The highest BCUT2D eigenvalue weighted by atomic mass is 31.2. The van der Waals surface area contributed by atoms with E-state index in [0.717, 1.165) is 33.6 Å². The third kappa shape index (κ3) is 2.99. The van der Waals surface area contributed by atoms with E-state index in [1.165, 1.54) is 5.56 Å². The summed E-state index contributed by atoms with van der Waals surface area (Å²) >= 11 is 0. The van der Waals surface area contributed by atoms with Crippen LogP contribution in [0.2, 0.25) is 0 Å². The van der Waals surface area contributed by atoms with Crippen molar-refractivity contribution in [2.24, 2.45) is 11.8 Å². The highest BCUT2D eigenvalue weighted by Crippen LogP contribution is 2.81. The van der Waals surface area contributed by atoms with Crippen LogP contribution in [0, 0.1) is 11.8 Å². The van der Waals surface area contributed by atoms with Gasteiger partial charge in [-0.15, -0.1) is 0 Å². The van der Waals surface area contributed by atoms with Crippen LogP contribution in [0.4, 0.5) is 0 Å². The lowest BCUT2D eigenvalue weighted by Crippen LogP contribution is -2.42. The Kier molecular flexibility index (Phi) is 5.19. The van der Waals surface area contributed by atoms with Crippen molar-refractivity contribution in [2.75, 3.05) is 7.05 Å². The van der Waals surface area contributed by atoms with Gasteiger partial charge in [-0.1, -0.05) is 103 Å². The molecule has 184 valence electrons. The summed E-state index contributed by atoms with van der Waals surface area (Å²) < 4.78 is 18.7. The first-order valence-corrected chi connectivity index (χ1v) is 14.9. The van der Waals surface area contributed by atoms with Crippen LogP contribution < -0.4 is 5.30 Å². The fourth-order valence-electron chi connectivity index (χ4n) is 7.77. The molecule has 2 aliphatic carbocycles. The first kappa shape index (κ1) is 22.9.